The summed E-state index contributed by atoms with van der Waals surface area (Å²) in [5.74, 6) is 0.534. The maximum Gasteiger partial charge on any atom is 0.325 e. The second-order valence-corrected chi connectivity index (χ2v) is 5.79. The zero-order chi connectivity index (χ0) is 13.3. The molecule has 0 aromatic carbocycles. The van der Waals surface area contributed by atoms with Crippen LogP contribution in [-0.4, -0.2) is 40.1 Å². The largest absolute Gasteiger partial charge is 0.393 e. The molecule has 2 N–H and O–H groups in total. The van der Waals surface area contributed by atoms with E-state index in [1.165, 1.54) is 4.90 Å². The Morgan fingerprint density at radius 3 is 2.61 bits per heavy atom. The van der Waals surface area contributed by atoms with Gasteiger partial charge in [-0.05, 0) is 44.9 Å². The summed E-state index contributed by atoms with van der Waals surface area (Å²) in [5.41, 5.74) is -0.651. The van der Waals surface area contributed by atoms with Crippen molar-refractivity contribution in [2.45, 2.75) is 57.6 Å². The number of carbonyl (C=O) groups is 2. The van der Waals surface area contributed by atoms with Crippen LogP contribution in [0.15, 0.2) is 0 Å². The molecule has 1 atom stereocenters. The van der Waals surface area contributed by atoms with Gasteiger partial charge in [0.15, 0.2) is 0 Å². The van der Waals surface area contributed by atoms with Gasteiger partial charge in [-0.3, -0.25) is 9.69 Å². The van der Waals surface area contributed by atoms with E-state index in [0.29, 0.717) is 18.9 Å². The van der Waals surface area contributed by atoms with Crippen molar-refractivity contribution in [1.29, 1.82) is 0 Å². The Morgan fingerprint density at radius 1 is 1.44 bits per heavy atom. The van der Waals surface area contributed by atoms with Gasteiger partial charge in [-0.15, -0.1) is 0 Å². The first kappa shape index (κ1) is 13.3. The fourth-order valence-corrected chi connectivity index (χ4v) is 2.79. The molecule has 5 heteroatoms. The van der Waals surface area contributed by atoms with E-state index in [-0.39, 0.29) is 11.9 Å². The Balaban J connectivity index is 2.04. The number of hydrogen-bond donors (Lipinski definition) is 2. The van der Waals surface area contributed by atoms with Gasteiger partial charge in [0.25, 0.3) is 5.91 Å². The number of rotatable bonds is 3. The lowest BCUT2D eigenvalue weighted by Gasteiger charge is -2.33. The minimum absolute atomic E-state index is 0.0972. The molecule has 1 saturated heterocycles. The van der Waals surface area contributed by atoms with Crippen LogP contribution >= 0.6 is 0 Å². The van der Waals surface area contributed by atoms with Gasteiger partial charge in [-0.1, -0.05) is 6.92 Å². The monoisotopic (exact) mass is 254 g/mol. The highest BCUT2D eigenvalue weighted by atomic mass is 16.3. The van der Waals surface area contributed by atoms with Gasteiger partial charge in [0.2, 0.25) is 0 Å². The summed E-state index contributed by atoms with van der Waals surface area (Å²) in [6.07, 6.45) is 3.39. The normalized spacial score (nSPS) is 33.9. The highest BCUT2D eigenvalue weighted by molar-refractivity contribution is 6.07. The van der Waals surface area contributed by atoms with Crippen LogP contribution in [-0.2, 0) is 4.79 Å². The van der Waals surface area contributed by atoms with Crippen molar-refractivity contribution in [2.75, 3.05) is 6.54 Å². The van der Waals surface area contributed by atoms with Crippen LogP contribution < -0.4 is 5.32 Å². The van der Waals surface area contributed by atoms with Gasteiger partial charge >= 0.3 is 6.03 Å². The summed E-state index contributed by atoms with van der Waals surface area (Å²) in [5, 5.41) is 12.1. The molecule has 18 heavy (non-hydrogen) atoms. The lowest BCUT2D eigenvalue weighted by molar-refractivity contribution is -0.132. The molecule has 1 unspecified atom stereocenters. The summed E-state index contributed by atoms with van der Waals surface area (Å²) in [7, 11) is 0. The first-order valence-corrected chi connectivity index (χ1v) is 6.77. The van der Waals surface area contributed by atoms with E-state index in [4.69, 9.17) is 0 Å². The second-order valence-electron chi connectivity index (χ2n) is 5.79. The molecule has 0 bridgehead atoms. The fourth-order valence-electron chi connectivity index (χ4n) is 2.79. The van der Waals surface area contributed by atoms with E-state index in [1.54, 1.807) is 6.92 Å². The smallest absolute Gasteiger partial charge is 0.325 e. The third kappa shape index (κ3) is 2.36. The Hall–Kier alpha value is -1.10. The van der Waals surface area contributed by atoms with E-state index in [2.05, 4.69) is 12.2 Å². The van der Waals surface area contributed by atoms with E-state index in [0.717, 1.165) is 25.7 Å². The molecule has 2 aliphatic rings. The van der Waals surface area contributed by atoms with Crippen LogP contribution in [0.5, 0.6) is 0 Å². The molecular weight excluding hydrogens is 232 g/mol. The third-order valence-corrected chi connectivity index (χ3v) is 4.14. The molecule has 1 aliphatic heterocycles. The van der Waals surface area contributed by atoms with Crippen molar-refractivity contribution in [1.82, 2.24) is 10.2 Å². The molecule has 2 rings (SSSR count). The number of carbonyl (C=O) groups excluding carboxylic acids is 2. The molecule has 0 aromatic rings. The van der Waals surface area contributed by atoms with Crippen LogP contribution in [0.3, 0.4) is 0 Å². The second kappa shape index (κ2) is 4.88. The zero-order valence-electron chi connectivity index (χ0n) is 11.1. The Labute approximate surface area is 108 Å². The molecule has 5 nitrogen and oxygen atoms in total. The zero-order valence-corrected chi connectivity index (χ0v) is 11.1. The van der Waals surface area contributed by atoms with Crippen molar-refractivity contribution in [3.63, 3.8) is 0 Å². The van der Waals surface area contributed by atoms with Crippen LogP contribution in [0.1, 0.15) is 46.0 Å². The minimum Gasteiger partial charge on any atom is -0.393 e. The van der Waals surface area contributed by atoms with Gasteiger partial charge < -0.3 is 10.4 Å². The average molecular weight is 254 g/mol. The fraction of sp³-hybridized carbons (Fsp3) is 0.846. The van der Waals surface area contributed by atoms with Crippen molar-refractivity contribution in [3.8, 4) is 0 Å². The highest BCUT2D eigenvalue weighted by Gasteiger charge is 2.51. The summed E-state index contributed by atoms with van der Waals surface area (Å²) in [4.78, 5) is 25.5. The number of imide groups is 1. The van der Waals surface area contributed by atoms with Crippen molar-refractivity contribution < 1.29 is 14.7 Å². The predicted molar refractivity (Wildman–Crippen MR) is 66.9 cm³/mol. The predicted octanol–water partition coefficient (Wildman–Crippen LogP) is 1.26. The van der Waals surface area contributed by atoms with Gasteiger partial charge in [-0.25, -0.2) is 4.79 Å². The lowest BCUT2D eigenvalue weighted by atomic mass is 9.77. The maximum absolute atomic E-state index is 12.4. The minimum atomic E-state index is -0.651. The number of hydrogen-bond acceptors (Lipinski definition) is 3. The number of aliphatic hydroxyl groups is 1. The number of nitrogens with zero attached hydrogens (tertiary/aromatic N) is 1. The summed E-state index contributed by atoms with van der Waals surface area (Å²) >= 11 is 0. The first-order chi connectivity index (χ1) is 8.44. The van der Waals surface area contributed by atoms with Crippen molar-refractivity contribution in [2.24, 2.45) is 5.92 Å². The quantitative estimate of drug-likeness (QED) is 0.745. The molecule has 1 heterocycles. The van der Waals surface area contributed by atoms with Crippen molar-refractivity contribution in [3.05, 3.63) is 0 Å². The molecule has 0 radical (unpaired) electrons. The van der Waals surface area contributed by atoms with Gasteiger partial charge in [0, 0.05) is 6.54 Å². The molecule has 2 fully saturated rings. The topological polar surface area (TPSA) is 69.6 Å². The van der Waals surface area contributed by atoms with Gasteiger partial charge in [0.1, 0.15) is 5.54 Å². The van der Waals surface area contributed by atoms with E-state index in [9.17, 15) is 14.7 Å². The number of aliphatic hydroxyl groups excluding tert-OH is 1. The molecule has 1 aliphatic carbocycles. The molecule has 3 amide bonds. The number of amides is 3. The van der Waals surface area contributed by atoms with Crippen LogP contribution in [0.2, 0.25) is 0 Å². The van der Waals surface area contributed by atoms with Crippen LogP contribution in [0, 0.1) is 5.92 Å². The molecule has 102 valence electrons. The Kier molecular flexibility index (Phi) is 3.61. The van der Waals surface area contributed by atoms with E-state index < -0.39 is 11.6 Å². The first-order valence-electron chi connectivity index (χ1n) is 6.77. The number of urea groups is 1. The van der Waals surface area contributed by atoms with Crippen LogP contribution in [0.4, 0.5) is 4.79 Å². The standard InChI is InChI=1S/C13H22N2O3/c1-9-3-6-13(7-4-9)11(17)15(12(18)14-13)8-5-10(2)16/h9-10,16H,3-8H2,1-2H3,(H,14,18). The van der Waals surface area contributed by atoms with Crippen molar-refractivity contribution >= 4 is 11.9 Å². The summed E-state index contributed by atoms with van der Waals surface area (Å²) < 4.78 is 0. The molecule has 0 aromatic heterocycles. The van der Waals surface area contributed by atoms with Gasteiger partial charge in [-0.2, -0.15) is 0 Å². The molecule has 1 saturated carbocycles. The molecular formula is C13H22N2O3. The van der Waals surface area contributed by atoms with E-state index >= 15 is 0 Å². The Bertz CT molecular complexity index is 346. The third-order valence-electron chi connectivity index (χ3n) is 4.14. The maximum atomic E-state index is 12.4. The van der Waals surface area contributed by atoms with Crippen LogP contribution in [0.25, 0.3) is 0 Å². The highest BCUT2D eigenvalue weighted by Crippen LogP contribution is 2.36. The lowest BCUT2D eigenvalue weighted by Crippen LogP contribution is -2.49. The molecule has 1 spiro atoms. The summed E-state index contributed by atoms with van der Waals surface area (Å²) in [6.45, 7) is 4.15. The van der Waals surface area contributed by atoms with E-state index in [1.807, 2.05) is 0 Å². The SMILES string of the molecule is CC(O)CCN1C(=O)NC2(CCC(C)CC2)C1=O. The average Bonchev–Trinajstić information content (AvgIpc) is 2.53. The Morgan fingerprint density at radius 2 is 2.06 bits per heavy atom. The van der Waals surface area contributed by atoms with Gasteiger partial charge in [0.05, 0.1) is 6.10 Å². The summed E-state index contributed by atoms with van der Waals surface area (Å²) in [6, 6.07) is -0.296. The number of nitrogens with one attached hydrogen (secondary N) is 1.